The predicted molar refractivity (Wildman–Crippen MR) is 88.9 cm³/mol. The molecule has 2 aromatic carbocycles. The van der Waals surface area contributed by atoms with Gasteiger partial charge in [-0.2, -0.15) is 0 Å². The molecule has 3 aromatic rings. The molecule has 0 aliphatic rings. The van der Waals surface area contributed by atoms with Crippen molar-refractivity contribution >= 4 is 27.0 Å². The number of halogens is 1. The van der Waals surface area contributed by atoms with Gasteiger partial charge in [0.15, 0.2) is 0 Å². The van der Waals surface area contributed by atoms with Crippen molar-refractivity contribution in [2.24, 2.45) is 0 Å². The number of benzene rings is 2. The van der Waals surface area contributed by atoms with Crippen LogP contribution in [-0.4, -0.2) is 16.7 Å². The van der Waals surface area contributed by atoms with Crippen LogP contribution < -0.4 is 4.74 Å². The molecule has 1 heterocycles. The van der Waals surface area contributed by atoms with Crippen LogP contribution in [0.2, 0.25) is 0 Å². The SMILES string of the molecule is CCc1nc2ccccc2n1Cc1cc(OC)ccc1Br. The van der Waals surface area contributed by atoms with E-state index >= 15 is 0 Å². The number of aryl methyl sites for hydroxylation is 1. The molecule has 0 bridgehead atoms. The lowest BCUT2D eigenvalue weighted by atomic mass is 10.2. The van der Waals surface area contributed by atoms with Crippen LogP contribution in [0.4, 0.5) is 0 Å². The van der Waals surface area contributed by atoms with E-state index < -0.39 is 0 Å². The van der Waals surface area contributed by atoms with Crippen LogP contribution in [0, 0.1) is 0 Å². The predicted octanol–water partition coefficient (Wildman–Crippen LogP) is 4.42. The first kappa shape index (κ1) is 14.1. The van der Waals surface area contributed by atoms with Crippen LogP contribution in [0.15, 0.2) is 46.9 Å². The molecule has 0 atom stereocenters. The number of methoxy groups -OCH3 is 1. The maximum absolute atomic E-state index is 5.33. The maximum atomic E-state index is 5.33. The van der Waals surface area contributed by atoms with Crippen molar-refractivity contribution in [3.8, 4) is 5.75 Å². The zero-order chi connectivity index (χ0) is 14.8. The molecule has 0 amide bonds. The second-order valence-corrected chi connectivity index (χ2v) is 5.77. The first-order chi connectivity index (χ1) is 10.2. The quantitative estimate of drug-likeness (QED) is 0.700. The Morgan fingerprint density at radius 1 is 1.19 bits per heavy atom. The molecule has 0 aliphatic carbocycles. The summed E-state index contributed by atoms with van der Waals surface area (Å²) in [4.78, 5) is 4.72. The van der Waals surface area contributed by atoms with Gasteiger partial charge >= 0.3 is 0 Å². The minimum Gasteiger partial charge on any atom is -0.497 e. The van der Waals surface area contributed by atoms with E-state index in [0.717, 1.165) is 34.5 Å². The normalized spacial score (nSPS) is 11.0. The Balaban J connectivity index is 2.09. The molecule has 21 heavy (non-hydrogen) atoms. The number of para-hydroxylation sites is 2. The largest absolute Gasteiger partial charge is 0.497 e. The highest BCUT2D eigenvalue weighted by molar-refractivity contribution is 9.10. The highest BCUT2D eigenvalue weighted by atomic mass is 79.9. The minimum absolute atomic E-state index is 0.779. The highest BCUT2D eigenvalue weighted by Crippen LogP contribution is 2.25. The lowest BCUT2D eigenvalue weighted by Gasteiger charge is -2.11. The van der Waals surface area contributed by atoms with E-state index in [0.29, 0.717) is 0 Å². The van der Waals surface area contributed by atoms with Gasteiger partial charge in [-0.15, -0.1) is 0 Å². The summed E-state index contributed by atoms with van der Waals surface area (Å²) in [5.74, 6) is 1.97. The molecular formula is C17H17BrN2O. The molecule has 3 rings (SSSR count). The zero-order valence-electron chi connectivity index (χ0n) is 12.1. The van der Waals surface area contributed by atoms with E-state index in [2.05, 4.69) is 51.7 Å². The summed E-state index contributed by atoms with van der Waals surface area (Å²) < 4.78 is 8.69. The van der Waals surface area contributed by atoms with Crippen molar-refractivity contribution in [2.45, 2.75) is 19.9 Å². The molecule has 108 valence electrons. The van der Waals surface area contributed by atoms with E-state index in [4.69, 9.17) is 9.72 Å². The van der Waals surface area contributed by atoms with Crippen LogP contribution >= 0.6 is 15.9 Å². The summed E-state index contributed by atoms with van der Waals surface area (Å²) in [7, 11) is 1.69. The molecule has 0 saturated heterocycles. The van der Waals surface area contributed by atoms with Crippen molar-refractivity contribution in [1.29, 1.82) is 0 Å². The molecule has 3 nitrogen and oxygen atoms in total. The van der Waals surface area contributed by atoms with Crippen molar-refractivity contribution in [3.05, 3.63) is 58.3 Å². The standard InChI is InChI=1S/C17H17BrN2O/c1-3-17-19-15-6-4-5-7-16(15)20(17)11-12-10-13(21-2)8-9-14(12)18/h4-10H,3,11H2,1-2H3. The lowest BCUT2D eigenvalue weighted by molar-refractivity contribution is 0.414. The molecule has 0 N–H and O–H groups in total. The minimum atomic E-state index is 0.779. The second kappa shape index (κ2) is 5.90. The number of hydrogen-bond donors (Lipinski definition) is 0. The van der Waals surface area contributed by atoms with Gasteiger partial charge in [0.25, 0.3) is 0 Å². The third-order valence-corrected chi connectivity index (χ3v) is 4.40. The number of aromatic nitrogens is 2. The monoisotopic (exact) mass is 344 g/mol. The number of nitrogens with zero attached hydrogens (tertiary/aromatic N) is 2. The first-order valence-corrected chi connectivity index (χ1v) is 7.78. The van der Waals surface area contributed by atoms with Crippen LogP contribution in [0.1, 0.15) is 18.3 Å². The third kappa shape index (κ3) is 2.68. The van der Waals surface area contributed by atoms with Gasteiger partial charge in [-0.1, -0.05) is 35.0 Å². The number of fused-ring (bicyclic) bond motifs is 1. The molecule has 0 saturated carbocycles. The van der Waals surface area contributed by atoms with Gasteiger partial charge in [0.2, 0.25) is 0 Å². The molecule has 4 heteroatoms. The van der Waals surface area contributed by atoms with Gasteiger partial charge < -0.3 is 9.30 Å². The summed E-state index contributed by atoms with van der Waals surface area (Å²) in [6.45, 7) is 2.92. The molecule has 1 aromatic heterocycles. The van der Waals surface area contributed by atoms with Gasteiger partial charge in [0, 0.05) is 10.9 Å². The lowest BCUT2D eigenvalue weighted by Crippen LogP contribution is -2.05. The van der Waals surface area contributed by atoms with Crippen molar-refractivity contribution in [2.75, 3.05) is 7.11 Å². The summed E-state index contributed by atoms with van der Waals surface area (Å²) in [5.41, 5.74) is 3.41. The highest BCUT2D eigenvalue weighted by Gasteiger charge is 2.11. The molecule has 0 radical (unpaired) electrons. The van der Waals surface area contributed by atoms with Crippen LogP contribution in [-0.2, 0) is 13.0 Å². The van der Waals surface area contributed by atoms with Crippen LogP contribution in [0.25, 0.3) is 11.0 Å². The average molecular weight is 345 g/mol. The van der Waals surface area contributed by atoms with Gasteiger partial charge in [0.05, 0.1) is 24.7 Å². The van der Waals surface area contributed by atoms with Crippen LogP contribution in [0.5, 0.6) is 5.75 Å². The van der Waals surface area contributed by atoms with E-state index in [-0.39, 0.29) is 0 Å². The maximum Gasteiger partial charge on any atom is 0.119 e. The van der Waals surface area contributed by atoms with Crippen molar-refractivity contribution in [3.63, 3.8) is 0 Å². The van der Waals surface area contributed by atoms with Gasteiger partial charge in [0.1, 0.15) is 11.6 Å². The van der Waals surface area contributed by atoms with E-state index in [1.54, 1.807) is 7.11 Å². The Bertz CT molecular complexity index is 780. The van der Waals surface area contributed by atoms with Crippen molar-refractivity contribution in [1.82, 2.24) is 9.55 Å². The van der Waals surface area contributed by atoms with Crippen molar-refractivity contribution < 1.29 is 4.74 Å². The van der Waals surface area contributed by atoms with Gasteiger partial charge in [-0.05, 0) is 35.9 Å². The fourth-order valence-corrected chi connectivity index (χ4v) is 2.91. The molecule has 0 unspecified atom stereocenters. The summed E-state index contributed by atoms with van der Waals surface area (Å²) in [6.07, 6.45) is 0.913. The van der Waals surface area contributed by atoms with E-state index in [1.807, 2.05) is 18.2 Å². The fraction of sp³-hybridized carbons (Fsp3) is 0.235. The zero-order valence-corrected chi connectivity index (χ0v) is 13.7. The van der Waals surface area contributed by atoms with Gasteiger partial charge in [-0.25, -0.2) is 4.98 Å². The summed E-state index contributed by atoms with van der Waals surface area (Å²) in [6, 6.07) is 14.3. The number of hydrogen-bond acceptors (Lipinski definition) is 2. The van der Waals surface area contributed by atoms with E-state index in [9.17, 15) is 0 Å². The number of rotatable bonds is 4. The average Bonchev–Trinajstić information content (AvgIpc) is 2.87. The summed E-state index contributed by atoms with van der Waals surface area (Å²) >= 11 is 3.63. The molecule has 0 aliphatic heterocycles. The van der Waals surface area contributed by atoms with Crippen LogP contribution in [0.3, 0.4) is 0 Å². The Hall–Kier alpha value is -1.81. The molecule has 0 fully saturated rings. The van der Waals surface area contributed by atoms with Gasteiger partial charge in [-0.3, -0.25) is 0 Å². The Kier molecular flexibility index (Phi) is 3.97. The summed E-state index contributed by atoms with van der Waals surface area (Å²) in [5, 5.41) is 0. The number of imidazole rings is 1. The Morgan fingerprint density at radius 3 is 2.76 bits per heavy atom. The first-order valence-electron chi connectivity index (χ1n) is 6.99. The molecule has 0 spiro atoms. The van der Waals surface area contributed by atoms with E-state index in [1.165, 1.54) is 11.1 Å². The Labute approximate surface area is 132 Å². The smallest absolute Gasteiger partial charge is 0.119 e. The topological polar surface area (TPSA) is 27.1 Å². The Morgan fingerprint density at radius 2 is 2.00 bits per heavy atom. The number of ether oxygens (including phenoxy) is 1. The second-order valence-electron chi connectivity index (χ2n) is 4.91. The fourth-order valence-electron chi connectivity index (χ4n) is 2.54. The molecular weight excluding hydrogens is 328 g/mol. The third-order valence-electron chi connectivity index (χ3n) is 3.63.